The maximum absolute atomic E-state index is 6.42. The van der Waals surface area contributed by atoms with Gasteiger partial charge in [0.1, 0.15) is 0 Å². The molecule has 0 amide bonds. The Morgan fingerprint density at radius 2 is 1.00 bits per heavy atom. The van der Waals surface area contributed by atoms with Crippen LogP contribution in [0.3, 0.4) is 0 Å². The maximum atomic E-state index is 6.42. The van der Waals surface area contributed by atoms with Gasteiger partial charge in [0.15, 0.2) is 0 Å². The van der Waals surface area contributed by atoms with Crippen molar-refractivity contribution in [3.05, 3.63) is 93.5 Å². The van der Waals surface area contributed by atoms with E-state index in [0.717, 1.165) is 30.7 Å². The molecule has 0 fully saturated rings. The van der Waals surface area contributed by atoms with E-state index in [-0.39, 0.29) is 0 Å². The Labute approximate surface area is 180 Å². The third kappa shape index (κ3) is 6.40. The summed E-state index contributed by atoms with van der Waals surface area (Å²) in [5.74, 6) is 1.01. The van der Waals surface area contributed by atoms with Crippen LogP contribution in [0.5, 0.6) is 0 Å². The van der Waals surface area contributed by atoms with Gasteiger partial charge in [0.2, 0.25) is 0 Å². The third-order valence-corrected chi connectivity index (χ3v) is 5.61. The average molecular weight is 407 g/mol. The van der Waals surface area contributed by atoms with E-state index in [4.69, 9.17) is 11.6 Å². The molecule has 0 unspecified atom stereocenters. The standard InChI is InChI=1S/C26H31ClN2/c1-18(2)24-10-22(14-28-16-24)7-5-20-9-21(13-26(27)12-20)6-8-23-11-25(19(3)4)17-29-15-23/h9-19H,5-8H2,1-4H3. The van der Waals surface area contributed by atoms with Crippen molar-refractivity contribution in [1.82, 2.24) is 9.97 Å². The third-order valence-electron chi connectivity index (χ3n) is 5.39. The van der Waals surface area contributed by atoms with Crippen LogP contribution in [0.25, 0.3) is 0 Å². The van der Waals surface area contributed by atoms with Crippen molar-refractivity contribution in [2.75, 3.05) is 0 Å². The zero-order chi connectivity index (χ0) is 20.8. The van der Waals surface area contributed by atoms with Crippen molar-refractivity contribution < 1.29 is 0 Å². The number of halogens is 1. The van der Waals surface area contributed by atoms with E-state index in [9.17, 15) is 0 Å². The molecule has 152 valence electrons. The lowest BCUT2D eigenvalue weighted by Crippen LogP contribution is -1.98. The molecule has 3 aromatic rings. The molecule has 0 aliphatic rings. The lowest BCUT2D eigenvalue weighted by atomic mass is 9.97. The van der Waals surface area contributed by atoms with E-state index in [1.807, 2.05) is 24.8 Å². The fraction of sp³-hybridized carbons (Fsp3) is 0.385. The lowest BCUT2D eigenvalue weighted by molar-refractivity contribution is 0.843. The molecule has 0 radical (unpaired) electrons. The van der Waals surface area contributed by atoms with E-state index in [0.29, 0.717) is 11.8 Å². The van der Waals surface area contributed by atoms with Crippen molar-refractivity contribution >= 4 is 11.6 Å². The SMILES string of the molecule is CC(C)c1cncc(CCc2cc(Cl)cc(CCc3cncc(C(C)C)c3)c2)c1. The first-order chi connectivity index (χ1) is 13.9. The summed E-state index contributed by atoms with van der Waals surface area (Å²) >= 11 is 6.42. The predicted octanol–water partition coefficient (Wildman–Crippen LogP) is 6.95. The molecule has 0 N–H and O–H groups in total. The molecular weight excluding hydrogens is 376 g/mol. The van der Waals surface area contributed by atoms with Gasteiger partial charge in [-0.15, -0.1) is 0 Å². The van der Waals surface area contributed by atoms with Crippen LogP contribution in [-0.2, 0) is 25.7 Å². The molecule has 2 heterocycles. The number of aromatic nitrogens is 2. The minimum Gasteiger partial charge on any atom is -0.264 e. The first-order valence-corrected chi connectivity index (χ1v) is 10.9. The lowest BCUT2D eigenvalue weighted by Gasteiger charge is -2.10. The number of hydrogen-bond acceptors (Lipinski definition) is 2. The molecule has 0 bridgehead atoms. The second-order valence-electron chi connectivity index (χ2n) is 8.53. The van der Waals surface area contributed by atoms with Gasteiger partial charge in [0, 0.05) is 29.8 Å². The number of hydrogen-bond donors (Lipinski definition) is 0. The first-order valence-electron chi connectivity index (χ1n) is 10.6. The maximum Gasteiger partial charge on any atom is 0.0411 e. The summed E-state index contributed by atoms with van der Waals surface area (Å²) in [6.07, 6.45) is 11.8. The van der Waals surface area contributed by atoms with Gasteiger partial charge >= 0.3 is 0 Å². The quantitative estimate of drug-likeness (QED) is 0.404. The Balaban J connectivity index is 1.65. The van der Waals surface area contributed by atoms with Crippen molar-refractivity contribution in [2.24, 2.45) is 0 Å². The van der Waals surface area contributed by atoms with Crippen molar-refractivity contribution in [3.8, 4) is 0 Å². The van der Waals surface area contributed by atoms with Crippen LogP contribution in [0.1, 0.15) is 72.9 Å². The van der Waals surface area contributed by atoms with E-state index >= 15 is 0 Å². The number of benzene rings is 1. The van der Waals surface area contributed by atoms with Gasteiger partial charge in [-0.1, -0.05) is 57.5 Å². The van der Waals surface area contributed by atoms with Crippen molar-refractivity contribution in [2.45, 2.75) is 65.2 Å². The highest BCUT2D eigenvalue weighted by Crippen LogP contribution is 2.21. The number of pyridine rings is 2. The molecule has 0 saturated heterocycles. The van der Waals surface area contributed by atoms with E-state index in [1.165, 1.54) is 33.4 Å². The Bertz CT molecular complexity index is 873. The predicted molar refractivity (Wildman–Crippen MR) is 123 cm³/mol. The second kappa shape index (κ2) is 10.0. The summed E-state index contributed by atoms with van der Waals surface area (Å²) in [5.41, 5.74) is 7.75. The molecule has 0 saturated carbocycles. The second-order valence-corrected chi connectivity index (χ2v) is 8.97. The fourth-order valence-corrected chi connectivity index (χ4v) is 3.78. The van der Waals surface area contributed by atoms with Gasteiger partial charge in [0.05, 0.1) is 0 Å². The molecule has 0 spiro atoms. The number of aryl methyl sites for hydroxylation is 4. The number of rotatable bonds is 8. The molecule has 3 heteroatoms. The Morgan fingerprint density at radius 1 is 0.586 bits per heavy atom. The zero-order valence-corrected chi connectivity index (χ0v) is 18.7. The molecule has 29 heavy (non-hydrogen) atoms. The van der Waals surface area contributed by atoms with Crippen LogP contribution in [0.15, 0.2) is 55.1 Å². The van der Waals surface area contributed by atoms with E-state index in [1.54, 1.807) is 0 Å². The monoisotopic (exact) mass is 406 g/mol. The Kier molecular flexibility index (Phi) is 7.44. The van der Waals surface area contributed by atoms with Crippen LogP contribution in [0.2, 0.25) is 5.02 Å². The summed E-state index contributed by atoms with van der Waals surface area (Å²) in [5, 5.41) is 0.820. The topological polar surface area (TPSA) is 25.8 Å². The molecule has 3 rings (SSSR count). The minimum atomic E-state index is 0.504. The fourth-order valence-electron chi connectivity index (χ4n) is 3.50. The molecule has 0 aliphatic heterocycles. The summed E-state index contributed by atoms with van der Waals surface area (Å²) in [6, 6.07) is 11.0. The smallest absolute Gasteiger partial charge is 0.0411 e. The number of nitrogens with zero attached hydrogens (tertiary/aromatic N) is 2. The van der Waals surface area contributed by atoms with Gasteiger partial charge in [-0.2, -0.15) is 0 Å². The summed E-state index contributed by atoms with van der Waals surface area (Å²) in [4.78, 5) is 8.81. The van der Waals surface area contributed by atoms with Gasteiger partial charge < -0.3 is 0 Å². The van der Waals surface area contributed by atoms with Crippen molar-refractivity contribution in [3.63, 3.8) is 0 Å². The zero-order valence-electron chi connectivity index (χ0n) is 18.0. The average Bonchev–Trinajstić information content (AvgIpc) is 2.71. The molecule has 2 nitrogen and oxygen atoms in total. The van der Waals surface area contributed by atoms with Gasteiger partial charge in [-0.05, 0) is 83.0 Å². The molecule has 2 aromatic heterocycles. The van der Waals surface area contributed by atoms with Crippen LogP contribution in [0, 0.1) is 0 Å². The van der Waals surface area contributed by atoms with E-state index < -0.39 is 0 Å². The summed E-state index contributed by atoms with van der Waals surface area (Å²) in [7, 11) is 0. The van der Waals surface area contributed by atoms with Gasteiger partial charge in [-0.3, -0.25) is 9.97 Å². The van der Waals surface area contributed by atoms with Gasteiger partial charge in [0.25, 0.3) is 0 Å². The summed E-state index contributed by atoms with van der Waals surface area (Å²) in [6.45, 7) is 8.82. The largest absolute Gasteiger partial charge is 0.264 e. The normalized spacial score (nSPS) is 11.4. The van der Waals surface area contributed by atoms with Crippen LogP contribution in [0.4, 0.5) is 0 Å². The molecular formula is C26H31ClN2. The highest BCUT2D eigenvalue weighted by Gasteiger charge is 2.06. The van der Waals surface area contributed by atoms with Crippen molar-refractivity contribution in [1.29, 1.82) is 0 Å². The first kappa shape index (κ1) is 21.5. The highest BCUT2D eigenvalue weighted by molar-refractivity contribution is 6.30. The molecule has 0 atom stereocenters. The summed E-state index contributed by atoms with van der Waals surface area (Å²) < 4.78 is 0. The van der Waals surface area contributed by atoms with Crippen LogP contribution < -0.4 is 0 Å². The van der Waals surface area contributed by atoms with Crippen LogP contribution >= 0.6 is 11.6 Å². The van der Waals surface area contributed by atoms with Crippen LogP contribution in [-0.4, -0.2) is 9.97 Å². The highest BCUT2D eigenvalue weighted by atomic mass is 35.5. The minimum absolute atomic E-state index is 0.504. The Hall–Kier alpha value is -2.19. The van der Waals surface area contributed by atoms with Gasteiger partial charge in [-0.25, -0.2) is 0 Å². The van der Waals surface area contributed by atoms with E-state index in [2.05, 4.69) is 68.0 Å². The molecule has 0 aliphatic carbocycles. The molecule has 1 aromatic carbocycles. The Morgan fingerprint density at radius 3 is 1.41 bits per heavy atom.